The Kier molecular flexibility index (Phi) is 5.24. The van der Waals surface area contributed by atoms with Gasteiger partial charge in [0.1, 0.15) is 10.8 Å². The van der Waals surface area contributed by atoms with Gasteiger partial charge in [-0.1, -0.05) is 11.3 Å². The summed E-state index contributed by atoms with van der Waals surface area (Å²) >= 11 is 1.37. The van der Waals surface area contributed by atoms with Gasteiger partial charge in [0, 0.05) is 19.6 Å². The quantitative estimate of drug-likeness (QED) is 0.818. The van der Waals surface area contributed by atoms with Crippen molar-refractivity contribution in [3.05, 3.63) is 24.3 Å². The van der Waals surface area contributed by atoms with E-state index in [-0.39, 0.29) is 5.91 Å². The third kappa shape index (κ3) is 3.77. The fraction of sp³-hybridized carbons (Fsp3) is 0.357. The van der Waals surface area contributed by atoms with Crippen LogP contribution >= 0.6 is 11.3 Å². The summed E-state index contributed by atoms with van der Waals surface area (Å²) in [5, 5.41) is 9.58. The molecular weight excluding hydrogens is 290 g/mol. The molecule has 0 bridgehead atoms. The highest BCUT2D eigenvalue weighted by atomic mass is 32.1. The molecule has 7 heteroatoms. The first-order valence-corrected chi connectivity index (χ1v) is 7.22. The minimum atomic E-state index is -0.0792. The highest BCUT2D eigenvalue weighted by molar-refractivity contribution is 7.18. The van der Waals surface area contributed by atoms with Crippen LogP contribution in [0.25, 0.3) is 10.6 Å². The zero-order chi connectivity index (χ0) is 15.2. The smallest absolute Gasteiger partial charge is 0.225 e. The Morgan fingerprint density at radius 2 is 1.95 bits per heavy atom. The van der Waals surface area contributed by atoms with Crippen LogP contribution in [0.3, 0.4) is 0 Å². The number of hydrogen-bond acceptors (Lipinski definition) is 6. The van der Waals surface area contributed by atoms with E-state index >= 15 is 0 Å². The molecule has 0 N–H and O–H groups in total. The summed E-state index contributed by atoms with van der Waals surface area (Å²) in [5.41, 5.74) is 0.940. The van der Waals surface area contributed by atoms with Crippen molar-refractivity contribution in [1.29, 1.82) is 0 Å². The highest BCUT2D eigenvalue weighted by Crippen LogP contribution is 2.29. The Morgan fingerprint density at radius 1 is 1.24 bits per heavy atom. The average molecular weight is 307 g/mol. The van der Waals surface area contributed by atoms with E-state index < -0.39 is 0 Å². The van der Waals surface area contributed by atoms with Crippen molar-refractivity contribution in [2.24, 2.45) is 0 Å². The van der Waals surface area contributed by atoms with Crippen molar-refractivity contribution >= 4 is 22.4 Å². The first-order valence-electron chi connectivity index (χ1n) is 6.40. The summed E-state index contributed by atoms with van der Waals surface area (Å²) in [4.78, 5) is 13.2. The molecule has 1 heterocycles. The summed E-state index contributed by atoms with van der Waals surface area (Å²) in [6.45, 7) is 2.42. The molecule has 1 aromatic carbocycles. The topological polar surface area (TPSA) is 64.5 Å². The van der Waals surface area contributed by atoms with E-state index in [1.807, 2.05) is 24.3 Å². The minimum absolute atomic E-state index is 0.0792. The zero-order valence-corrected chi connectivity index (χ0v) is 13.0. The van der Waals surface area contributed by atoms with Gasteiger partial charge in [-0.2, -0.15) is 0 Å². The molecule has 0 aliphatic heterocycles. The molecule has 2 aromatic rings. The van der Waals surface area contributed by atoms with E-state index in [0.29, 0.717) is 18.3 Å². The maximum Gasteiger partial charge on any atom is 0.225 e. The standard InChI is InChI=1S/C14H17N3O3S/c1-10(18)17(8-9-19-2)14-16-15-13(21-14)11-4-6-12(20-3)7-5-11/h4-7H,8-9H2,1-3H3. The minimum Gasteiger partial charge on any atom is -0.497 e. The molecule has 21 heavy (non-hydrogen) atoms. The lowest BCUT2D eigenvalue weighted by atomic mass is 10.2. The number of benzene rings is 1. The van der Waals surface area contributed by atoms with Crippen LogP contribution in [0.2, 0.25) is 0 Å². The summed E-state index contributed by atoms with van der Waals surface area (Å²) in [6.07, 6.45) is 0. The number of carbonyl (C=O) groups is 1. The van der Waals surface area contributed by atoms with Gasteiger partial charge in [0.25, 0.3) is 0 Å². The van der Waals surface area contributed by atoms with Crippen LogP contribution in [0.15, 0.2) is 24.3 Å². The summed E-state index contributed by atoms with van der Waals surface area (Å²) < 4.78 is 10.1. The zero-order valence-electron chi connectivity index (χ0n) is 12.2. The van der Waals surface area contributed by atoms with Crippen LogP contribution in [-0.2, 0) is 9.53 Å². The molecule has 1 amide bonds. The predicted octanol–water partition coefficient (Wildman–Crippen LogP) is 2.21. The number of hydrogen-bond donors (Lipinski definition) is 0. The normalized spacial score (nSPS) is 10.4. The largest absolute Gasteiger partial charge is 0.497 e. The van der Waals surface area contributed by atoms with Gasteiger partial charge in [0.15, 0.2) is 0 Å². The molecule has 0 fully saturated rings. The van der Waals surface area contributed by atoms with Gasteiger partial charge in [-0.25, -0.2) is 0 Å². The Bertz CT molecular complexity index is 598. The molecule has 0 saturated heterocycles. The Hall–Kier alpha value is -1.99. The van der Waals surface area contributed by atoms with Crippen LogP contribution in [0.1, 0.15) is 6.92 Å². The van der Waals surface area contributed by atoms with Crippen molar-refractivity contribution in [3.8, 4) is 16.3 Å². The lowest BCUT2D eigenvalue weighted by molar-refractivity contribution is -0.116. The number of carbonyl (C=O) groups excluding carboxylic acids is 1. The van der Waals surface area contributed by atoms with Crippen LogP contribution in [0.5, 0.6) is 5.75 Å². The number of amides is 1. The monoisotopic (exact) mass is 307 g/mol. The number of ether oxygens (including phenoxy) is 2. The van der Waals surface area contributed by atoms with E-state index in [2.05, 4.69) is 10.2 Å². The molecule has 0 aliphatic carbocycles. The Labute approximate surface area is 127 Å². The SMILES string of the molecule is COCCN(C(C)=O)c1nnc(-c2ccc(OC)cc2)s1. The molecule has 0 unspecified atom stereocenters. The van der Waals surface area contributed by atoms with Crippen LogP contribution < -0.4 is 9.64 Å². The molecule has 0 saturated carbocycles. The fourth-order valence-electron chi connectivity index (χ4n) is 1.75. The van der Waals surface area contributed by atoms with Crippen molar-refractivity contribution in [1.82, 2.24) is 10.2 Å². The van der Waals surface area contributed by atoms with Gasteiger partial charge in [-0.3, -0.25) is 9.69 Å². The van der Waals surface area contributed by atoms with E-state index in [9.17, 15) is 4.79 Å². The predicted molar refractivity (Wildman–Crippen MR) is 81.8 cm³/mol. The third-order valence-electron chi connectivity index (χ3n) is 2.88. The van der Waals surface area contributed by atoms with Crippen LogP contribution in [0.4, 0.5) is 5.13 Å². The lowest BCUT2D eigenvalue weighted by Gasteiger charge is -2.16. The van der Waals surface area contributed by atoms with E-state index in [4.69, 9.17) is 9.47 Å². The molecule has 0 radical (unpaired) electrons. The van der Waals surface area contributed by atoms with E-state index in [0.717, 1.165) is 16.3 Å². The Morgan fingerprint density at radius 3 is 2.52 bits per heavy atom. The molecule has 0 aliphatic rings. The van der Waals surface area contributed by atoms with Gasteiger partial charge >= 0.3 is 0 Å². The van der Waals surface area contributed by atoms with Crippen LogP contribution in [0, 0.1) is 0 Å². The molecule has 1 aromatic heterocycles. The maximum atomic E-state index is 11.7. The number of rotatable bonds is 6. The molecule has 2 rings (SSSR count). The number of nitrogens with zero attached hydrogens (tertiary/aromatic N) is 3. The van der Waals surface area contributed by atoms with Crippen molar-refractivity contribution < 1.29 is 14.3 Å². The highest BCUT2D eigenvalue weighted by Gasteiger charge is 2.17. The lowest BCUT2D eigenvalue weighted by Crippen LogP contribution is -2.31. The third-order valence-corrected chi connectivity index (χ3v) is 3.88. The summed E-state index contributed by atoms with van der Waals surface area (Å²) in [7, 11) is 3.22. The van der Waals surface area contributed by atoms with Crippen LogP contribution in [-0.4, -0.2) is 43.5 Å². The summed E-state index contributed by atoms with van der Waals surface area (Å²) in [6, 6.07) is 7.56. The van der Waals surface area contributed by atoms with Gasteiger partial charge < -0.3 is 9.47 Å². The van der Waals surface area contributed by atoms with E-state index in [1.165, 1.54) is 18.3 Å². The second-order valence-corrected chi connectivity index (χ2v) is 5.24. The molecule has 0 atom stereocenters. The Balaban J connectivity index is 2.20. The number of anilines is 1. The molecular formula is C14H17N3O3S. The number of methoxy groups -OCH3 is 2. The number of aromatic nitrogens is 2. The first kappa shape index (κ1) is 15.4. The molecule has 112 valence electrons. The second-order valence-electron chi connectivity index (χ2n) is 4.28. The van der Waals surface area contributed by atoms with Gasteiger partial charge in [-0.05, 0) is 24.3 Å². The fourth-order valence-corrected chi connectivity index (χ4v) is 2.67. The second kappa shape index (κ2) is 7.14. The van der Waals surface area contributed by atoms with Gasteiger partial charge in [-0.15, -0.1) is 10.2 Å². The average Bonchev–Trinajstić information content (AvgIpc) is 2.97. The van der Waals surface area contributed by atoms with Gasteiger partial charge in [0.05, 0.1) is 20.3 Å². The van der Waals surface area contributed by atoms with Crippen molar-refractivity contribution in [2.45, 2.75) is 6.92 Å². The molecule has 0 spiro atoms. The van der Waals surface area contributed by atoms with Crippen molar-refractivity contribution in [3.63, 3.8) is 0 Å². The molecule has 6 nitrogen and oxygen atoms in total. The van der Waals surface area contributed by atoms with E-state index in [1.54, 1.807) is 19.1 Å². The first-order chi connectivity index (χ1) is 10.2. The van der Waals surface area contributed by atoms with Gasteiger partial charge in [0.2, 0.25) is 11.0 Å². The maximum absolute atomic E-state index is 11.7. The summed E-state index contributed by atoms with van der Waals surface area (Å²) in [5.74, 6) is 0.707. The van der Waals surface area contributed by atoms with Crippen molar-refractivity contribution in [2.75, 3.05) is 32.3 Å².